The first-order valence-corrected chi connectivity index (χ1v) is 13.2. The fourth-order valence-electron chi connectivity index (χ4n) is 5.17. The standard InChI is InChI=1S/C26H32Cl2N6O/c27-21-8-7-20(16-22(21)28)29-26(35)34-14-12-33(13-15-34)18-19-4-3-10-32(17-19)11-9-25-30-23-5-1-2-6-24(23)31-25/h1-2,5-8,16,19H,3-4,9-15,17-18H2,(H,29,35)(H,30,31)/t19-/m1/s1. The fourth-order valence-corrected chi connectivity index (χ4v) is 5.46. The summed E-state index contributed by atoms with van der Waals surface area (Å²) >= 11 is 12.0. The van der Waals surface area contributed by atoms with Gasteiger partial charge in [0.15, 0.2) is 0 Å². The summed E-state index contributed by atoms with van der Waals surface area (Å²) in [6, 6.07) is 13.3. The number of para-hydroxylation sites is 2. The lowest BCUT2D eigenvalue weighted by Gasteiger charge is -2.39. The third kappa shape index (κ3) is 6.28. The van der Waals surface area contributed by atoms with Gasteiger partial charge in [-0.3, -0.25) is 4.90 Å². The number of likely N-dealkylation sites (tertiary alicyclic amines) is 1. The molecule has 2 saturated heterocycles. The van der Waals surface area contributed by atoms with Gasteiger partial charge in [-0.05, 0) is 55.6 Å². The molecule has 7 nitrogen and oxygen atoms in total. The topological polar surface area (TPSA) is 67.5 Å². The van der Waals surface area contributed by atoms with Gasteiger partial charge in [0.25, 0.3) is 0 Å². The van der Waals surface area contributed by atoms with Gasteiger partial charge in [-0.15, -0.1) is 0 Å². The second kappa shape index (κ2) is 11.2. The Morgan fingerprint density at radius 3 is 2.66 bits per heavy atom. The van der Waals surface area contributed by atoms with E-state index in [2.05, 4.69) is 32.2 Å². The van der Waals surface area contributed by atoms with Crippen LogP contribution in [0, 0.1) is 5.92 Å². The number of aromatic amines is 1. The maximum atomic E-state index is 12.7. The Labute approximate surface area is 216 Å². The minimum absolute atomic E-state index is 0.0857. The Hall–Kier alpha value is -2.32. The van der Waals surface area contributed by atoms with Crippen LogP contribution in [0.25, 0.3) is 11.0 Å². The lowest BCUT2D eigenvalue weighted by Crippen LogP contribution is -2.52. The van der Waals surface area contributed by atoms with Gasteiger partial charge in [-0.1, -0.05) is 35.3 Å². The Kier molecular flexibility index (Phi) is 7.78. The molecule has 2 aromatic carbocycles. The summed E-state index contributed by atoms with van der Waals surface area (Å²) in [5.74, 6) is 1.75. The van der Waals surface area contributed by atoms with E-state index in [1.165, 1.54) is 19.4 Å². The van der Waals surface area contributed by atoms with E-state index in [9.17, 15) is 4.79 Å². The number of hydrogen-bond donors (Lipinski definition) is 2. The van der Waals surface area contributed by atoms with Gasteiger partial charge in [0.2, 0.25) is 0 Å². The number of piperidine rings is 1. The molecule has 2 aliphatic rings. The third-order valence-electron chi connectivity index (χ3n) is 7.05. The number of urea groups is 1. The number of carbonyl (C=O) groups is 1. The Morgan fingerprint density at radius 2 is 1.86 bits per heavy atom. The molecule has 0 spiro atoms. The largest absolute Gasteiger partial charge is 0.342 e. The van der Waals surface area contributed by atoms with Crippen molar-refractivity contribution < 1.29 is 4.79 Å². The summed E-state index contributed by atoms with van der Waals surface area (Å²) in [5.41, 5.74) is 2.82. The Morgan fingerprint density at radius 1 is 1.03 bits per heavy atom. The van der Waals surface area contributed by atoms with Crippen LogP contribution in [-0.4, -0.2) is 83.1 Å². The summed E-state index contributed by atoms with van der Waals surface area (Å²) in [6.45, 7) is 7.72. The molecule has 3 heterocycles. The van der Waals surface area contributed by atoms with E-state index in [0.29, 0.717) is 21.7 Å². The minimum Gasteiger partial charge on any atom is -0.342 e. The van der Waals surface area contributed by atoms with E-state index in [1.807, 2.05) is 17.0 Å². The molecule has 0 bridgehead atoms. The first kappa shape index (κ1) is 24.4. The number of nitrogens with zero attached hydrogens (tertiary/aromatic N) is 4. The summed E-state index contributed by atoms with van der Waals surface area (Å²) in [5, 5.41) is 3.85. The van der Waals surface area contributed by atoms with Crippen LogP contribution in [0.1, 0.15) is 18.7 Å². The monoisotopic (exact) mass is 514 g/mol. The number of anilines is 1. The predicted molar refractivity (Wildman–Crippen MR) is 142 cm³/mol. The zero-order valence-corrected chi connectivity index (χ0v) is 21.4. The molecule has 3 aromatic rings. The van der Waals surface area contributed by atoms with E-state index < -0.39 is 0 Å². The summed E-state index contributed by atoms with van der Waals surface area (Å²) in [4.78, 5) is 27.8. The van der Waals surface area contributed by atoms with Crippen molar-refractivity contribution in [2.75, 3.05) is 57.7 Å². The van der Waals surface area contributed by atoms with Crippen LogP contribution in [0.15, 0.2) is 42.5 Å². The lowest BCUT2D eigenvalue weighted by molar-refractivity contribution is 0.101. The molecule has 1 aromatic heterocycles. The van der Waals surface area contributed by atoms with Crippen LogP contribution in [0.2, 0.25) is 10.0 Å². The summed E-state index contributed by atoms with van der Waals surface area (Å²) in [6.07, 6.45) is 3.48. The number of fused-ring (bicyclic) bond motifs is 1. The average molecular weight is 515 g/mol. The molecule has 5 rings (SSSR count). The molecular weight excluding hydrogens is 483 g/mol. The predicted octanol–water partition coefficient (Wildman–Crippen LogP) is 4.97. The van der Waals surface area contributed by atoms with Crippen LogP contribution in [0.4, 0.5) is 10.5 Å². The second-order valence-corrected chi connectivity index (χ2v) is 10.4. The van der Waals surface area contributed by atoms with Crippen molar-refractivity contribution in [3.63, 3.8) is 0 Å². The van der Waals surface area contributed by atoms with Gasteiger partial charge in [0.05, 0.1) is 21.1 Å². The smallest absolute Gasteiger partial charge is 0.321 e. The van der Waals surface area contributed by atoms with Gasteiger partial charge in [-0.25, -0.2) is 9.78 Å². The number of amides is 2. The fraction of sp³-hybridized carbons (Fsp3) is 0.462. The van der Waals surface area contributed by atoms with Crippen LogP contribution in [0.3, 0.4) is 0 Å². The number of H-pyrrole nitrogens is 1. The molecule has 2 fully saturated rings. The molecule has 0 unspecified atom stereocenters. The zero-order chi connectivity index (χ0) is 24.2. The van der Waals surface area contributed by atoms with Crippen molar-refractivity contribution in [3.8, 4) is 0 Å². The molecule has 0 saturated carbocycles. The number of carbonyl (C=O) groups excluding carboxylic acids is 1. The van der Waals surface area contributed by atoms with Crippen molar-refractivity contribution in [1.82, 2.24) is 24.7 Å². The van der Waals surface area contributed by atoms with Gasteiger partial charge >= 0.3 is 6.03 Å². The molecule has 0 radical (unpaired) electrons. The highest BCUT2D eigenvalue weighted by molar-refractivity contribution is 6.42. The molecule has 2 N–H and O–H groups in total. The van der Waals surface area contributed by atoms with Crippen molar-refractivity contribution in [2.24, 2.45) is 5.92 Å². The highest BCUT2D eigenvalue weighted by Gasteiger charge is 2.26. The first-order chi connectivity index (χ1) is 17.0. The second-order valence-electron chi connectivity index (χ2n) is 9.61. The van der Waals surface area contributed by atoms with Crippen molar-refractivity contribution in [1.29, 1.82) is 0 Å². The van der Waals surface area contributed by atoms with E-state index >= 15 is 0 Å². The molecule has 1 atom stereocenters. The van der Waals surface area contributed by atoms with E-state index in [-0.39, 0.29) is 6.03 Å². The number of piperazine rings is 1. The maximum Gasteiger partial charge on any atom is 0.321 e. The van der Waals surface area contributed by atoms with Gasteiger partial charge in [-0.2, -0.15) is 0 Å². The van der Waals surface area contributed by atoms with Crippen molar-refractivity contribution >= 4 is 46.0 Å². The van der Waals surface area contributed by atoms with Gasteiger partial charge in [0.1, 0.15) is 5.82 Å². The van der Waals surface area contributed by atoms with Gasteiger partial charge < -0.3 is 20.1 Å². The molecule has 186 valence electrons. The zero-order valence-electron chi connectivity index (χ0n) is 19.9. The molecule has 2 aliphatic heterocycles. The number of imidazole rings is 1. The number of benzene rings is 2. The quantitative estimate of drug-likeness (QED) is 0.487. The molecule has 0 aliphatic carbocycles. The first-order valence-electron chi connectivity index (χ1n) is 12.4. The molecule has 2 amide bonds. The van der Waals surface area contributed by atoms with Crippen molar-refractivity contribution in [2.45, 2.75) is 19.3 Å². The Bertz CT molecular complexity index is 1130. The average Bonchev–Trinajstić information content (AvgIpc) is 3.29. The Balaban J connectivity index is 1.05. The van der Waals surface area contributed by atoms with Crippen molar-refractivity contribution in [3.05, 3.63) is 58.3 Å². The van der Waals surface area contributed by atoms with Crippen LogP contribution in [0.5, 0.6) is 0 Å². The van der Waals surface area contributed by atoms with Crippen LogP contribution < -0.4 is 5.32 Å². The van der Waals surface area contributed by atoms with E-state index in [0.717, 1.165) is 69.1 Å². The number of halogens is 2. The van der Waals surface area contributed by atoms with Crippen LogP contribution in [-0.2, 0) is 6.42 Å². The lowest BCUT2D eigenvalue weighted by atomic mass is 9.97. The maximum absolute atomic E-state index is 12.7. The van der Waals surface area contributed by atoms with E-state index in [4.69, 9.17) is 28.2 Å². The minimum atomic E-state index is -0.0857. The molecule has 9 heteroatoms. The number of aromatic nitrogens is 2. The normalized spacial score (nSPS) is 19.8. The highest BCUT2D eigenvalue weighted by atomic mass is 35.5. The van der Waals surface area contributed by atoms with Gasteiger partial charge in [0, 0.05) is 57.9 Å². The SMILES string of the molecule is O=C(Nc1ccc(Cl)c(Cl)c1)N1CCN(C[C@@H]2CCCN(CCc3nc4ccccc4[nH]3)C2)CC1. The highest BCUT2D eigenvalue weighted by Crippen LogP contribution is 2.25. The molecule has 35 heavy (non-hydrogen) atoms. The van der Waals surface area contributed by atoms with Crippen LogP contribution >= 0.6 is 23.2 Å². The van der Waals surface area contributed by atoms with E-state index in [1.54, 1.807) is 18.2 Å². The molecular formula is C26H32Cl2N6O. The number of hydrogen-bond acceptors (Lipinski definition) is 4. The number of nitrogens with one attached hydrogen (secondary N) is 2. The summed E-state index contributed by atoms with van der Waals surface area (Å²) < 4.78 is 0. The third-order valence-corrected chi connectivity index (χ3v) is 7.79. The number of rotatable bonds is 6. The summed E-state index contributed by atoms with van der Waals surface area (Å²) in [7, 11) is 0.